The average Bonchev–Trinajstić information content (AvgIpc) is 2.80. The predicted octanol–water partition coefficient (Wildman–Crippen LogP) is 2.14. The number of piperazine rings is 1. The second kappa shape index (κ2) is 10.3. The minimum atomic E-state index is 0.0810. The first-order valence-electron chi connectivity index (χ1n) is 10.4. The first-order valence-corrected chi connectivity index (χ1v) is 11.4. The zero-order chi connectivity index (χ0) is 20.6. The normalized spacial score (nSPS) is 14.5. The van der Waals surface area contributed by atoms with E-state index in [0.29, 0.717) is 6.54 Å². The quantitative estimate of drug-likeness (QED) is 0.576. The molecule has 1 saturated heterocycles. The zero-order valence-corrected chi connectivity index (χ0v) is 17.8. The van der Waals surface area contributed by atoms with E-state index in [0.717, 1.165) is 48.3 Å². The van der Waals surface area contributed by atoms with Crippen molar-refractivity contribution in [3.8, 4) is 0 Å². The van der Waals surface area contributed by atoms with Gasteiger partial charge in [0.25, 0.3) is 11.7 Å². The van der Waals surface area contributed by atoms with Gasteiger partial charge in [0.05, 0.1) is 11.9 Å². The molecule has 1 aliphatic rings. The van der Waals surface area contributed by atoms with Crippen LogP contribution in [-0.2, 0) is 10.5 Å². The number of rotatable bonds is 7. The second-order valence-corrected chi connectivity index (χ2v) is 8.50. The van der Waals surface area contributed by atoms with E-state index in [1.54, 1.807) is 11.8 Å². The average molecular weight is 421 g/mol. The van der Waals surface area contributed by atoms with E-state index in [4.69, 9.17) is 0 Å². The van der Waals surface area contributed by atoms with E-state index in [9.17, 15) is 4.79 Å². The molecule has 0 bridgehead atoms. The first-order chi connectivity index (χ1) is 14.8. The molecule has 3 aromatic rings. The number of hydrogen-bond donors (Lipinski definition) is 2. The Morgan fingerprint density at radius 3 is 2.47 bits per heavy atom. The van der Waals surface area contributed by atoms with Gasteiger partial charge >= 0.3 is 0 Å². The zero-order valence-electron chi connectivity index (χ0n) is 17.0. The summed E-state index contributed by atoms with van der Waals surface area (Å²) in [6.07, 6.45) is 1.95. The minimum absolute atomic E-state index is 0.0810. The molecule has 154 valence electrons. The molecule has 0 spiro atoms. The molecule has 4 rings (SSSR count). The molecule has 6 heteroatoms. The largest absolute Gasteiger partial charge is 0.321 e. The van der Waals surface area contributed by atoms with Crippen molar-refractivity contribution in [3.05, 3.63) is 84.6 Å². The minimum Gasteiger partial charge on any atom is -0.321 e. The Morgan fingerprint density at radius 2 is 1.70 bits per heavy atom. The molecule has 0 saturated carbocycles. The summed E-state index contributed by atoms with van der Waals surface area (Å²) in [7, 11) is 0. The van der Waals surface area contributed by atoms with Crippen LogP contribution in [0.15, 0.2) is 83.9 Å². The molecule has 0 aliphatic carbocycles. The Balaban J connectivity index is 1.28. The summed E-state index contributed by atoms with van der Waals surface area (Å²) in [6, 6.07) is 24.6. The molecule has 0 unspecified atom stereocenters. The Labute approximate surface area is 182 Å². The summed E-state index contributed by atoms with van der Waals surface area (Å²) in [5, 5.41) is 3.14. The van der Waals surface area contributed by atoms with E-state index < -0.39 is 0 Å². The van der Waals surface area contributed by atoms with Crippen LogP contribution in [0.25, 0.3) is 0 Å². The van der Waals surface area contributed by atoms with E-state index in [1.165, 1.54) is 10.5 Å². The molecule has 2 aromatic carbocycles. The number of nitrogens with zero attached hydrogens (tertiary/aromatic N) is 1. The summed E-state index contributed by atoms with van der Waals surface area (Å²) in [5.41, 5.74) is 2.18. The van der Waals surface area contributed by atoms with Crippen LogP contribution in [-0.4, -0.2) is 38.6 Å². The summed E-state index contributed by atoms with van der Waals surface area (Å²) in [5.74, 6) is 2.11. The van der Waals surface area contributed by atoms with Gasteiger partial charge in [-0.15, -0.1) is 11.8 Å². The summed E-state index contributed by atoms with van der Waals surface area (Å²) in [6.45, 7) is 4.32. The van der Waals surface area contributed by atoms with Gasteiger partial charge in [-0.3, -0.25) is 9.69 Å². The maximum atomic E-state index is 12.7. The van der Waals surface area contributed by atoms with Crippen molar-refractivity contribution in [2.45, 2.75) is 10.6 Å². The van der Waals surface area contributed by atoms with Crippen LogP contribution in [0, 0.1) is 0 Å². The Kier molecular flexibility index (Phi) is 7.00. The Bertz CT molecular complexity index is 944. The first kappa shape index (κ1) is 20.4. The van der Waals surface area contributed by atoms with E-state index >= 15 is 0 Å². The highest BCUT2D eigenvalue weighted by Gasteiger charge is 2.27. The van der Waals surface area contributed by atoms with Crippen LogP contribution >= 0.6 is 11.8 Å². The number of benzene rings is 2. The molecule has 1 amide bonds. The number of aromatic amines is 1. The highest BCUT2D eigenvalue weighted by molar-refractivity contribution is 7.98. The van der Waals surface area contributed by atoms with Gasteiger partial charge in [-0.05, 0) is 23.8 Å². The third-order valence-corrected chi connectivity index (χ3v) is 6.46. The molecule has 30 heavy (non-hydrogen) atoms. The fourth-order valence-electron chi connectivity index (χ4n) is 3.67. The lowest BCUT2D eigenvalue weighted by atomic mass is 10.2. The number of thioether (sulfide) groups is 1. The molecule has 0 atom stereocenters. The number of amides is 1. The summed E-state index contributed by atoms with van der Waals surface area (Å²) < 4.78 is 0. The lowest BCUT2D eigenvalue weighted by Gasteiger charge is -2.27. The van der Waals surface area contributed by atoms with Gasteiger partial charge in [-0.1, -0.05) is 48.5 Å². The highest BCUT2D eigenvalue weighted by Crippen LogP contribution is 2.29. The third kappa shape index (κ3) is 5.62. The molecule has 1 aliphatic heterocycles. The van der Waals surface area contributed by atoms with Crippen LogP contribution in [0.2, 0.25) is 0 Å². The van der Waals surface area contributed by atoms with Crippen molar-refractivity contribution in [2.75, 3.05) is 42.9 Å². The number of carbonyl (C=O) groups excluding carboxylic acids is 1. The maximum Gasteiger partial charge on any atom is 0.279 e. The van der Waals surface area contributed by atoms with Crippen LogP contribution in [0.5, 0.6) is 0 Å². The SMILES string of the molecule is O=C(C[NH+]1CCN(c2cccc[nH+]2)CC1)Nc1ccccc1SCc1ccccc1. The molecular weight excluding hydrogens is 392 g/mol. The Morgan fingerprint density at radius 1 is 0.967 bits per heavy atom. The van der Waals surface area contributed by atoms with E-state index in [-0.39, 0.29) is 5.91 Å². The number of pyridine rings is 1. The van der Waals surface area contributed by atoms with Crippen molar-refractivity contribution >= 4 is 29.2 Å². The van der Waals surface area contributed by atoms with Crippen molar-refractivity contribution in [1.82, 2.24) is 0 Å². The highest BCUT2D eigenvalue weighted by atomic mass is 32.2. The number of aromatic nitrogens is 1. The second-order valence-electron chi connectivity index (χ2n) is 7.48. The molecule has 3 N–H and O–H groups in total. The summed E-state index contributed by atoms with van der Waals surface area (Å²) in [4.78, 5) is 20.8. The number of carbonyl (C=O) groups is 1. The number of quaternary nitrogens is 1. The fourth-order valence-corrected chi connectivity index (χ4v) is 4.64. The van der Waals surface area contributed by atoms with Crippen molar-refractivity contribution < 1.29 is 14.7 Å². The van der Waals surface area contributed by atoms with Crippen LogP contribution in [0.1, 0.15) is 5.56 Å². The van der Waals surface area contributed by atoms with Crippen LogP contribution in [0.4, 0.5) is 11.5 Å². The number of anilines is 2. The number of hydrogen-bond acceptors (Lipinski definition) is 3. The number of nitrogens with one attached hydrogen (secondary N) is 3. The monoisotopic (exact) mass is 420 g/mol. The maximum absolute atomic E-state index is 12.7. The van der Waals surface area contributed by atoms with Gasteiger partial charge in [0.15, 0.2) is 6.54 Å². The van der Waals surface area contributed by atoms with Crippen molar-refractivity contribution in [1.29, 1.82) is 0 Å². The van der Waals surface area contributed by atoms with Gasteiger partial charge in [0, 0.05) is 16.7 Å². The molecular formula is C24H28N4OS+2. The molecule has 1 aromatic heterocycles. The van der Waals surface area contributed by atoms with Gasteiger partial charge in [0.1, 0.15) is 26.2 Å². The fraction of sp³-hybridized carbons (Fsp3) is 0.250. The third-order valence-electron chi connectivity index (χ3n) is 5.31. The lowest BCUT2D eigenvalue weighted by molar-refractivity contribution is -0.892. The van der Waals surface area contributed by atoms with Gasteiger partial charge in [0.2, 0.25) is 0 Å². The predicted molar refractivity (Wildman–Crippen MR) is 122 cm³/mol. The smallest absolute Gasteiger partial charge is 0.279 e. The van der Waals surface area contributed by atoms with Gasteiger partial charge < -0.3 is 10.2 Å². The molecule has 0 radical (unpaired) electrons. The van der Waals surface area contributed by atoms with Crippen molar-refractivity contribution in [3.63, 3.8) is 0 Å². The molecule has 5 nitrogen and oxygen atoms in total. The van der Waals surface area contributed by atoms with E-state index in [1.807, 2.05) is 42.6 Å². The van der Waals surface area contributed by atoms with Crippen LogP contribution < -0.4 is 20.1 Å². The topological polar surface area (TPSA) is 50.9 Å². The van der Waals surface area contributed by atoms with E-state index in [2.05, 4.69) is 51.6 Å². The molecule has 2 heterocycles. The standard InChI is InChI=1S/C24H26N4OS/c29-24(18-27-14-16-28(17-15-27)23-12-6-7-13-25-23)26-21-10-4-5-11-22(21)30-19-20-8-2-1-3-9-20/h1-13H,14-19H2,(H,26,29)/p+2. The number of para-hydroxylation sites is 1. The number of H-pyrrole nitrogens is 1. The van der Waals surface area contributed by atoms with Gasteiger partial charge in [-0.25, -0.2) is 4.98 Å². The summed E-state index contributed by atoms with van der Waals surface area (Å²) >= 11 is 1.75. The van der Waals surface area contributed by atoms with Gasteiger partial charge in [-0.2, -0.15) is 0 Å². The lowest BCUT2D eigenvalue weighted by Crippen LogP contribution is -3.15. The molecule has 1 fully saturated rings. The Hall–Kier alpha value is -2.83. The van der Waals surface area contributed by atoms with Crippen LogP contribution in [0.3, 0.4) is 0 Å². The van der Waals surface area contributed by atoms with Crippen molar-refractivity contribution in [2.24, 2.45) is 0 Å².